The van der Waals surface area contributed by atoms with Crippen molar-refractivity contribution < 1.29 is 4.79 Å². The highest BCUT2D eigenvalue weighted by Gasteiger charge is 2.14. The Balaban J connectivity index is 3.00. The third kappa shape index (κ3) is 3.62. The molecule has 0 spiro atoms. The summed E-state index contributed by atoms with van der Waals surface area (Å²) in [6.07, 6.45) is 0.268. The van der Waals surface area contributed by atoms with Gasteiger partial charge in [0.25, 0.3) is 0 Å². The first-order valence-corrected chi connectivity index (χ1v) is 6.01. The third-order valence-corrected chi connectivity index (χ3v) is 2.97. The standard InChI is InChI=1S/C12H12Cl2N2O/c1-9-7-10(3-4-11(9)14)16(6-2-5-15)12(17)8-13/h3-4,7H,2,6,8H2,1H3. The molecule has 90 valence electrons. The molecule has 0 fully saturated rings. The number of carbonyl (C=O) groups excluding carboxylic acids is 1. The van der Waals surface area contributed by atoms with Crippen LogP contribution in [0.4, 0.5) is 5.69 Å². The van der Waals surface area contributed by atoms with E-state index in [1.165, 1.54) is 4.90 Å². The fourth-order valence-corrected chi connectivity index (χ4v) is 1.69. The Morgan fingerprint density at radius 1 is 1.53 bits per heavy atom. The maximum atomic E-state index is 11.7. The molecule has 0 heterocycles. The van der Waals surface area contributed by atoms with Crippen LogP contribution in [0.2, 0.25) is 5.02 Å². The van der Waals surface area contributed by atoms with Crippen LogP contribution in [-0.2, 0) is 4.79 Å². The predicted octanol–water partition coefficient (Wildman–Crippen LogP) is 3.13. The molecule has 0 saturated carbocycles. The Morgan fingerprint density at radius 2 is 2.24 bits per heavy atom. The molecule has 1 aromatic rings. The third-order valence-electron chi connectivity index (χ3n) is 2.32. The summed E-state index contributed by atoms with van der Waals surface area (Å²) in [6.45, 7) is 2.20. The topological polar surface area (TPSA) is 44.1 Å². The van der Waals surface area contributed by atoms with E-state index in [4.69, 9.17) is 28.5 Å². The van der Waals surface area contributed by atoms with E-state index in [0.717, 1.165) is 5.56 Å². The lowest BCUT2D eigenvalue weighted by molar-refractivity contribution is -0.116. The second-order valence-corrected chi connectivity index (χ2v) is 4.20. The maximum absolute atomic E-state index is 11.7. The van der Waals surface area contributed by atoms with Gasteiger partial charge in [0.05, 0.1) is 12.5 Å². The van der Waals surface area contributed by atoms with E-state index in [2.05, 4.69) is 0 Å². The van der Waals surface area contributed by atoms with Crippen molar-refractivity contribution in [1.29, 1.82) is 5.26 Å². The minimum Gasteiger partial charge on any atom is -0.310 e. The summed E-state index contributed by atoms with van der Waals surface area (Å²) in [5.74, 6) is -0.323. The van der Waals surface area contributed by atoms with Gasteiger partial charge in [-0.2, -0.15) is 5.26 Å². The number of carbonyl (C=O) groups is 1. The number of amides is 1. The molecule has 0 aliphatic heterocycles. The molecular formula is C12H12Cl2N2O. The van der Waals surface area contributed by atoms with Crippen molar-refractivity contribution >= 4 is 34.8 Å². The summed E-state index contributed by atoms with van der Waals surface area (Å²) in [7, 11) is 0. The highest BCUT2D eigenvalue weighted by Crippen LogP contribution is 2.23. The van der Waals surface area contributed by atoms with Gasteiger partial charge in [-0.15, -0.1) is 11.6 Å². The molecule has 0 saturated heterocycles. The summed E-state index contributed by atoms with van der Waals surface area (Å²) < 4.78 is 0. The van der Waals surface area contributed by atoms with E-state index < -0.39 is 0 Å². The maximum Gasteiger partial charge on any atom is 0.241 e. The van der Waals surface area contributed by atoms with Gasteiger partial charge in [0.15, 0.2) is 0 Å². The van der Waals surface area contributed by atoms with Crippen LogP contribution in [0.15, 0.2) is 18.2 Å². The zero-order chi connectivity index (χ0) is 12.8. The van der Waals surface area contributed by atoms with Crippen LogP contribution in [0.1, 0.15) is 12.0 Å². The van der Waals surface area contributed by atoms with Crippen molar-refractivity contribution in [2.75, 3.05) is 17.3 Å². The number of nitriles is 1. The Hall–Kier alpha value is -1.24. The largest absolute Gasteiger partial charge is 0.310 e. The lowest BCUT2D eigenvalue weighted by Gasteiger charge is -2.21. The van der Waals surface area contributed by atoms with E-state index in [-0.39, 0.29) is 18.2 Å². The van der Waals surface area contributed by atoms with Crippen LogP contribution in [0.5, 0.6) is 0 Å². The number of anilines is 1. The summed E-state index contributed by atoms with van der Waals surface area (Å²) in [4.78, 5) is 13.2. The molecule has 0 aromatic heterocycles. The SMILES string of the molecule is Cc1cc(N(CCC#N)C(=O)CCl)ccc1Cl. The minimum absolute atomic E-state index is 0.104. The minimum atomic E-state index is -0.219. The molecule has 0 radical (unpaired) electrons. The van der Waals surface area contributed by atoms with Gasteiger partial charge in [0.2, 0.25) is 5.91 Å². The zero-order valence-electron chi connectivity index (χ0n) is 9.41. The molecule has 1 rings (SSSR count). The Kier molecular flexibility index (Phi) is 5.27. The summed E-state index contributed by atoms with van der Waals surface area (Å²) in [6, 6.07) is 7.30. The Bertz CT molecular complexity index is 454. The fourth-order valence-electron chi connectivity index (χ4n) is 1.43. The van der Waals surface area contributed by atoms with Crippen molar-refractivity contribution in [2.24, 2.45) is 0 Å². The van der Waals surface area contributed by atoms with E-state index >= 15 is 0 Å². The van der Waals surface area contributed by atoms with Gasteiger partial charge < -0.3 is 4.90 Å². The Labute approximate surface area is 111 Å². The molecule has 1 aromatic carbocycles. The normalized spacial score (nSPS) is 9.76. The average Bonchev–Trinajstić information content (AvgIpc) is 2.33. The van der Waals surface area contributed by atoms with E-state index in [9.17, 15) is 4.79 Å². The number of nitrogens with zero attached hydrogens (tertiary/aromatic N) is 2. The van der Waals surface area contributed by atoms with Crippen LogP contribution in [0, 0.1) is 18.3 Å². The van der Waals surface area contributed by atoms with Crippen molar-refractivity contribution in [3.8, 4) is 6.07 Å². The highest BCUT2D eigenvalue weighted by atomic mass is 35.5. The number of rotatable bonds is 4. The van der Waals surface area contributed by atoms with Gasteiger partial charge in [-0.25, -0.2) is 0 Å². The number of halogens is 2. The van der Waals surface area contributed by atoms with Gasteiger partial charge >= 0.3 is 0 Å². The first kappa shape index (κ1) is 13.8. The second kappa shape index (κ2) is 6.48. The number of alkyl halides is 1. The van der Waals surface area contributed by atoms with Gasteiger partial charge in [-0.1, -0.05) is 11.6 Å². The number of benzene rings is 1. The number of aryl methyl sites for hydroxylation is 1. The molecule has 0 bridgehead atoms. The quantitative estimate of drug-likeness (QED) is 0.789. The zero-order valence-corrected chi connectivity index (χ0v) is 10.9. The molecule has 1 amide bonds. The van der Waals surface area contributed by atoms with Crippen molar-refractivity contribution in [1.82, 2.24) is 0 Å². The van der Waals surface area contributed by atoms with Gasteiger partial charge in [0.1, 0.15) is 5.88 Å². The molecule has 0 aliphatic rings. The average molecular weight is 271 g/mol. The number of hydrogen-bond acceptors (Lipinski definition) is 2. The summed E-state index contributed by atoms with van der Waals surface area (Å²) in [5, 5.41) is 9.22. The van der Waals surface area contributed by atoms with Gasteiger partial charge in [-0.05, 0) is 30.7 Å². The second-order valence-electron chi connectivity index (χ2n) is 3.52. The lowest BCUT2D eigenvalue weighted by Crippen LogP contribution is -2.32. The molecule has 17 heavy (non-hydrogen) atoms. The van der Waals surface area contributed by atoms with Crippen molar-refractivity contribution in [3.63, 3.8) is 0 Å². The van der Waals surface area contributed by atoms with Crippen LogP contribution >= 0.6 is 23.2 Å². The first-order valence-electron chi connectivity index (χ1n) is 5.09. The van der Waals surface area contributed by atoms with Crippen LogP contribution in [0.3, 0.4) is 0 Å². The van der Waals surface area contributed by atoms with Crippen LogP contribution < -0.4 is 4.90 Å². The molecule has 0 atom stereocenters. The molecule has 3 nitrogen and oxygen atoms in total. The molecule has 0 unspecified atom stereocenters. The van der Waals surface area contributed by atoms with Gasteiger partial charge in [-0.3, -0.25) is 4.79 Å². The molecule has 0 N–H and O–H groups in total. The van der Waals surface area contributed by atoms with Crippen molar-refractivity contribution in [2.45, 2.75) is 13.3 Å². The fraction of sp³-hybridized carbons (Fsp3) is 0.333. The van der Waals surface area contributed by atoms with Crippen LogP contribution in [0.25, 0.3) is 0 Å². The highest BCUT2D eigenvalue weighted by molar-refractivity contribution is 6.31. The first-order chi connectivity index (χ1) is 8.10. The lowest BCUT2D eigenvalue weighted by atomic mass is 10.2. The van der Waals surface area contributed by atoms with Gasteiger partial charge in [0, 0.05) is 17.3 Å². The monoisotopic (exact) mass is 270 g/mol. The van der Waals surface area contributed by atoms with Crippen LogP contribution in [-0.4, -0.2) is 18.3 Å². The number of hydrogen-bond donors (Lipinski definition) is 0. The van der Waals surface area contributed by atoms with E-state index in [1.54, 1.807) is 12.1 Å². The smallest absolute Gasteiger partial charge is 0.241 e. The molecule has 5 heteroatoms. The van der Waals surface area contributed by atoms with Crippen molar-refractivity contribution in [3.05, 3.63) is 28.8 Å². The molecule has 0 aliphatic carbocycles. The molecular weight excluding hydrogens is 259 g/mol. The van der Waals surface area contributed by atoms with E-state index in [1.807, 2.05) is 19.1 Å². The summed E-state index contributed by atoms with van der Waals surface area (Å²) in [5.41, 5.74) is 1.60. The Morgan fingerprint density at radius 3 is 2.76 bits per heavy atom. The predicted molar refractivity (Wildman–Crippen MR) is 69.5 cm³/mol. The summed E-state index contributed by atoms with van der Waals surface area (Å²) >= 11 is 11.5. The van der Waals surface area contributed by atoms with E-state index in [0.29, 0.717) is 17.3 Å².